The molecule has 2 rings (SSSR count). The molecule has 2 nitrogen and oxygen atoms in total. The molecule has 0 aliphatic heterocycles. The molecule has 1 aliphatic carbocycles. The van der Waals surface area contributed by atoms with Crippen LogP contribution in [0.3, 0.4) is 0 Å². The summed E-state index contributed by atoms with van der Waals surface area (Å²) >= 11 is 0. The van der Waals surface area contributed by atoms with Gasteiger partial charge in [-0.3, -0.25) is 0 Å². The van der Waals surface area contributed by atoms with E-state index in [0.717, 1.165) is 31.0 Å². The Hall–Kier alpha value is -1.00. The lowest BCUT2D eigenvalue weighted by molar-refractivity contribution is -0.105. The molecule has 0 radical (unpaired) electrons. The quantitative estimate of drug-likeness (QED) is 0.854. The van der Waals surface area contributed by atoms with E-state index in [1.54, 1.807) is 0 Å². The molecule has 0 spiro atoms. The lowest BCUT2D eigenvalue weighted by atomic mass is 9.75. The Morgan fingerprint density at radius 1 is 1.17 bits per heavy atom. The highest BCUT2D eigenvalue weighted by atomic mass is 19.1. The molecule has 0 aromatic heterocycles. The van der Waals surface area contributed by atoms with Gasteiger partial charge in [0, 0.05) is 6.07 Å². The summed E-state index contributed by atoms with van der Waals surface area (Å²) in [7, 11) is 0. The zero-order chi connectivity index (χ0) is 13.3. The molecule has 0 bridgehead atoms. The van der Waals surface area contributed by atoms with E-state index in [2.05, 4.69) is 6.92 Å². The smallest absolute Gasteiger partial charge is 0.126 e. The first-order valence-electron chi connectivity index (χ1n) is 6.27. The van der Waals surface area contributed by atoms with Crippen molar-refractivity contribution in [2.24, 2.45) is 5.92 Å². The van der Waals surface area contributed by atoms with Crippen molar-refractivity contribution in [1.82, 2.24) is 0 Å². The van der Waals surface area contributed by atoms with Gasteiger partial charge in [-0.1, -0.05) is 6.92 Å². The van der Waals surface area contributed by atoms with Crippen LogP contribution < -0.4 is 0 Å². The number of benzene rings is 1. The van der Waals surface area contributed by atoms with Crippen LogP contribution in [0.5, 0.6) is 0 Å². The molecule has 2 N–H and O–H groups in total. The summed E-state index contributed by atoms with van der Waals surface area (Å²) < 4.78 is 26.2. The molecule has 4 heteroatoms. The summed E-state index contributed by atoms with van der Waals surface area (Å²) in [6.45, 7) is 2.09. The summed E-state index contributed by atoms with van der Waals surface area (Å²) in [4.78, 5) is 0. The molecule has 1 fully saturated rings. The van der Waals surface area contributed by atoms with Crippen LogP contribution in [-0.2, 0) is 0 Å². The highest BCUT2D eigenvalue weighted by Gasteiger charge is 2.39. The maximum atomic E-state index is 13.1. The van der Waals surface area contributed by atoms with Gasteiger partial charge in [0.15, 0.2) is 0 Å². The van der Waals surface area contributed by atoms with E-state index in [1.807, 2.05) is 0 Å². The Bertz CT molecular complexity index is 406. The number of rotatable bonds is 2. The minimum absolute atomic E-state index is 0.101. The van der Waals surface area contributed by atoms with Crippen LogP contribution in [0.4, 0.5) is 8.78 Å². The van der Waals surface area contributed by atoms with Crippen LogP contribution in [0.2, 0.25) is 0 Å². The zero-order valence-electron chi connectivity index (χ0n) is 10.4. The van der Waals surface area contributed by atoms with Gasteiger partial charge in [0.25, 0.3) is 0 Å². The second-order valence-corrected chi connectivity index (χ2v) is 5.39. The molecular weight excluding hydrogens is 238 g/mol. The molecule has 0 amide bonds. The third kappa shape index (κ3) is 2.70. The van der Waals surface area contributed by atoms with E-state index in [1.165, 1.54) is 0 Å². The van der Waals surface area contributed by atoms with Crippen LogP contribution in [0.15, 0.2) is 18.2 Å². The van der Waals surface area contributed by atoms with Crippen molar-refractivity contribution in [2.75, 3.05) is 0 Å². The summed E-state index contributed by atoms with van der Waals surface area (Å²) in [6, 6.07) is 2.90. The van der Waals surface area contributed by atoms with Crippen molar-refractivity contribution >= 4 is 0 Å². The lowest BCUT2D eigenvalue weighted by Crippen LogP contribution is -2.40. The minimum Gasteiger partial charge on any atom is -0.387 e. The predicted molar refractivity (Wildman–Crippen MR) is 63.9 cm³/mol. The number of aliphatic hydroxyl groups is 2. The molecule has 1 aromatic carbocycles. The van der Waals surface area contributed by atoms with Gasteiger partial charge in [0.1, 0.15) is 17.7 Å². The van der Waals surface area contributed by atoms with E-state index in [4.69, 9.17) is 0 Å². The molecular formula is C14H18F2O2. The fraction of sp³-hybridized carbons (Fsp3) is 0.571. The van der Waals surface area contributed by atoms with Gasteiger partial charge in [-0.15, -0.1) is 0 Å². The normalized spacial score (nSPS) is 30.2. The Labute approximate surface area is 105 Å². The van der Waals surface area contributed by atoms with E-state index >= 15 is 0 Å². The van der Waals surface area contributed by atoms with Gasteiger partial charge in [-0.05, 0) is 49.3 Å². The van der Waals surface area contributed by atoms with E-state index in [-0.39, 0.29) is 5.56 Å². The molecule has 1 atom stereocenters. The largest absolute Gasteiger partial charge is 0.387 e. The zero-order valence-corrected chi connectivity index (χ0v) is 10.4. The molecule has 1 aromatic rings. The number of halogens is 2. The Balaban J connectivity index is 2.22. The monoisotopic (exact) mass is 256 g/mol. The van der Waals surface area contributed by atoms with Crippen molar-refractivity contribution in [3.63, 3.8) is 0 Å². The van der Waals surface area contributed by atoms with Gasteiger partial charge in [-0.25, -0.2) is 8.78 Å². The topological polar surface area (TPSA) is 40.5 Å². The highest BCUT2D eigenvalue weighted by Crippen LogP contribution is 2.40. The van der Waals surface area contributed by atoms with Gasteiger partial charge in [0.05, 0.1) is 5.60 Å². The third-order valence-corrected chi connectivity index (χ3v) is 3.85. The first-order valence-corrected chi connectivity index (χ1v) is 6.27. The third-order valence-electron chi connectivity index (χ3n) is 3.85. The summed E-state index contributed by atoms with van der Waals surface area (Å²) in [5.41, 5.74) is -1.17. The standard InChI is InChI=1S/C14H18F2O2/c1-9-2-4-14(18,5-3-9)13(17)10-6-11(15)8-12(16)7-10/h6-9,13,17-18H,2-5H2,1H3. The molecule has 1 aliphatic rings. The van der Waals surface area contributed by atoms with Gasteiger partial charge in [0.2, 0.25) is 0 Å². The summed E-state index contributed by atoms with van der Waals surface area (Å²) in [6.07, 6.45) is 1.28. The summed E-state index contributed by atoms with van der Waals surface area (Å²) in [5.74, 6) is -0.963. The number of hydrogen-bond acceptors (Lipinski definition) is 2. The Kier molecular flexibility index (Phi) is 3.69. The van der Waals surface area contributed by atoms with Crippen molar-refractivity contribution in [2.45, 2.75) is 44.3 Å². The van der Waals surface area contributed by atoms with Gasteiger partial charge >= 0.3 is 0 Å². The van der Waals surface area contributed by atoms with Crippen molar-refractivity contribution < 1.29 is 19.0 Å². The molecule has 18 heavy (non-hydrogen) atoms. The SMILES string of the molecule is CC1CCC(O)(C(O)c2cc(F)cc(F)c2)CC1. The maximum absolute atomic E-state index is 13.1. The van der Waals surface area contributed by atoms with E-state index < -0.39 is 23.3 Å². The first-order chi connectivity index (χ1) is 8.40. The summed E-state index contributed by atoms with van der Waals surface area (Å²) in [5, 5.41) is 20.6. The van der Waals surface area contributed by atoms with Crippen molar-refractivity contribution in [3.05, 3.63) is 35.4 Å². The second-order valence-electron chi connectivity index (χ2n) is 5.39. The van der Waals surface area contributed by atoms with Crippen LogP contribution in [-0.4, -0.2) is 15.8 Å². The first kappa shape index (κ1) is 13.4. The number of hydrogen-bond donors (Lipinski definition) is 2. The molecule has 0 saturated heterocycles. The van der Waals surface area contributed by atoms with Crippen LogP contribution in [0, 0.1) is 17.6 Å². The minimum atomic E-state index is -1.27. The number of aliphatic hydroxyl groups excluding tert-OH is 1. The van der Waals surface area contributed by atoms with E-state index in [0.29, 0.717) is 18.8 Å². The van der Waals surface area contributed by atoms with Crippen LogP contribution in [0.1, 0.15) is 44.3 Å². The fourth-order valence-electron chi connectivity index (χ4n) is 2.58. The van der Waals surface area contributed by atoms with Crippen molar-refractivity contribution in [3.8, 4) is 0 Å². The van der Waals surface area contributed by atoms with Gasteiger partial charge in [-0.2, -0.15) is 0 Å². The predicted octanol–water partition coefficient (Wildman–Crippen LogP) is 2.94. The van der Waals surface area contributed by atoms with Gasteiger partial charge < -0.3 is 10.2 Å². The highest BCUT2D eigenvalue weighted by molar-refractivity contribution is 5.23. The molecule has 1 unspecified atom stereocenters. The average Bonchev–Trinajstić information content (AvgIpc) is 2.31. The Morgan fingerprint density at radius 3 is 2.17 bits per heavy atom. The average molecular weight is 256 g/mol. The van der Waals surface area contributed by atoms with Crippen LogP contribution >= 0.6 is 0 Å². The maximum Gasteiger partial charge on any atom is 0.126 e. The second kappa shape index (κ2) is 4.94. The molecule has 100 valence electrons. The Morgan fingerprint density at radius 2 is 1.67 bits per heavy atom. The molecule has 0 heterocycles. The fourth-order valence-corrected chi connectivity index (χ4v) is 2.58. The molecule has 1 saturated carbocycles. The lowest BCUT2D eigenvalue weighted by Gasteiger charge is -2.38. The van der Waals surface area contributed by atoms with Crippen molar-refractivity contribution in [1.29, 1.82) is 0 Å². The van der Waals surface area contributed by atoms with E-state index in [9.17, 15) is 19.0 Å². The van der Waals surface area contributed by atoms with Crippen LogP contribution in [0.25, 0.3) is 0 Å².